The number of nitrogens with zero attached hydrogens (tertiary/aromatic N) is 1. The summed E-state index contributed by atoms with van der Waals surface area (Å²) in [6.45, 7) is 4.43. The third-order valence-corrected chi connectivity index (χ3v) is 5.52. The zero-order valence-electron chi connectivity index (χ0n) is 15.8. The molecule has 4 rings (SSSR count). The first-order valence-corrected chi connectivity index (χ1v) is 9.51. The first kappa shape index (κ1) is 17.3. The normalized spacial score (nSPS) is 13.6. The topological polar surface area (TPSA) is 54.7 Å². The van der Waals surface area contributed by atoms with E-state index in [0.717, 1.165) is 23.0 Å². The minimum absolute atomic E-state index is 0.261. The lowest BCUT2D eigenvalue weighted by Gasteiger charge is -2.29. The first-order chi connectivity index (χ1) is 13.2. The molecule has 2 unspecified atom stereocenters. The molecular weight excluding hydrogens is 330 g/mol. The van der Waals surface area contributed by atoms with Gasteiger partial charge in [0.1, 0.15) is 0 Å². The van der Waals surface area contributed by atoms with Crippen LogP contribution in [0.4, 0.5) is 5.69 Å². The zero-order valence-corrected chi connectivity index (χ0v) is 15.8. The Kier molecular flexibility index (Phi) is 4.68. The second-order valence-electron chi connectivity index (χ2n) is 7.24. The van der Waals surface area contributed by atoms with Gasteiger partial charge in [0.05, 0.1) is 11.7 Å². The second-order valence-corrected chi connectivity index (χ2v) is 7.24. The fourth-order valence-corrected chi connectivity index (χ4v) is 4.20. The Morgan fingerprint density at radius 1 is 0.963 bits per heavy atom. The number of aromatic amines is 1. The predicted molar refractivity (Wildman–Crippen MR) is 113 cm³/mol. The molecule has 0 radical (unpaired) electrons. The quantitative estimate of drug-likeness (QED) is 0.446. The third-order valence-electron chi connectivity index (χ3n) is 5.52. The van der Waals surface area contributed by atoms with E-state index in [0.29, 0.717) is 5.92 Å². The third kappa shape index (κ3) is 3.33. The van der Waals surface area contributed by atoms with Gasteiger partial charge in [-0.15, -0.1) is 0 Å². The van der Waals surface area contributed by atoms with Crippen LogP contribution in [0, 0.1) is 6.92 Å². The number of anilines is 1. The fraction of sp³-hybridized carbons (Fsp3) is 0.208. The number of benzene rings is 3. The molecule has 1 heterocycles. The highest BCUT2D eigenvalue weighted by Gasteiger charge is 2.26. The molecule has 0 fully saturated rings. The van der Waals surface area contributed by atoms with Crippen molar-refractivity contribution in [2.24, 2.45) is 0 Å². The SMILES string of the molecule is CCC(c1ccccc1)C(c1ccc2[nH]ncc2c1)c1ccc(N)cc1C. The molecule has 0 aliphatic rings. The second kappa shape index (κ2) is 7.28. The van der Waals surface area contributed by atoms with Crippen LogP contribution in [0.2, 0.25) is 0 Å². The Labute approximate surface area is 160 Å². The predicted octanol–water partition coefficient (Wildman–Crippen LogP) is 5.78. The number of hydrogen-bond acceptors (Lipinski definition) is 2. The molecule has 3 aromatic carbocycles. The van der Waals surface area contributed by atoms with Crippen molar-refractivity contribution in [3.8, 4) is 0 Å². The minimum atomic E-state index is 0.261. The van der Waals surface area contributed by atoms with Crippen molar-refractivity contribution in [2.45, 2.75) is 32.1 Å². The van der Waals surface area contributed by atoms with E-state index in [1.807, 2.05) is 12.3 Å². The van der Waals surface area contributed by atoms with E-state index in [1.165, 1.54) is 22.3 Å². The number of nitrogens with one attached hydrogen (secondary N) is 1. The summed E-state index contributed by atoms with van der Waals surface area (Å²) in [7, 11) is 0. The van der Waals surface area contributed by atoms with Crippen molar-refractivity contribution >= 4 is 16.6 Å². The molecular formula is C24H25N3. The highest BCUT2D eigenvalue weighted by molar-refractivity contribution is 5.79. The summed E-state index contributed by atoms with van der Waals surface area (Å²) in [5.74, 6) is 0.648. The van der Waals surface area contributed by atoms with Crippen molar-refractivity contribution in [1.29, 1.82) is 0 Å². The average Bonchev–Trinajstić information content (AvgIpc) is 3.15. The number of aryl methyl sites for hydroxylation is 1. The van der Waals surface area contributed by atoms with Gasteiger partial charge in [-0.1, -0.05) is 49.4 Å². The molecule has 3 nitrogen and oxygen atoms in total. The molecule has 0 spiro atoms. The summed E-state index contributed by atoms with van der Waals surface area (Å²) in [4.78, 5) is 0. The van der Waals surface area contributed by atoms with Crippen LogP contribution in [-0.2, 0) is 0 Å². The summed E-state index contributed by atoms with van der Waals surface area (Å²) in [5.41, 5.74) is 13.2. The number of nitrogens with two attached hydrogens (primary N) is 1. The summed E-state index contributed by atoms with van der Waals surface area (Å²) >= 11 is 0. The Bertz CT molecular complexity index is 1050. The van der Waals surface area contributed by atoms with E-state index in [4.69, 9.17) is 5.73 Å². The lowest BCUT2D eigenvalue weighted by Crippen LogP contribution is -2.14. The van der Waals surface area contributed by atoms with Gasteiger partial charge < -0.3 is 5.73 Å². The molecule has 2 atom stereocenters. The maximum Gasteiger partial charge on any atom is 0.0650 e. The molecule has 3 heteroatoms. The number of rotatable bonds is 5. The Morgan fingerprint density at radius 3 is 2.52 bits per heavy atom. The van der Waals surface area contributed by atoms with Crippen LogP contribution in [0.1, 0.15) is 47.4 Å². The molecule has 3 N–H and O–H groups in total. The Balaban J connectivity index is 1.90. The molecule has 0 aliphatic carbocycles. The lowest BCUT2D eigenvalue weighted by molar-refractivity contribution is 0.584. The number of H-pyrrole nitrogens is 1. The molecule has 0 amide bonds. The lowest BCUT2D eigenvalue weighted by atomic mass is 9.74. The van der Waals surface area contributed by atoms with Crippen LogP contribution in [-0.4, -0.2) is 10.2 Å². The van der Waals surface area contributed by atoms with Gasteiger partial charge in [0.15, 0.2) is 0 Å². The van der Waals surface area contributed by atoms with Crippen molar-refractivity contribution in [3.05, 3.63) is 95.2 Å². The first-order valence-electron chi connectivity index (χ1n) is 9.51. The van der Waals surface area contributed by atoms with Crippen LogP contribution in [0.15, 0.2) is 72.9 Å². The highest BCUT2D eigenvalue weighted by atomic mass is 15.1. The van der Waals surface area contributed by atoms with E-state index in [9.17, 15) is 0 Å². The van der Waals surface area contributed by atoms with E-state index in [2.05, 4.69) is 84.7 Å². The van der Waals surface area contributed by atoms with Gasteiger partial charge in [-0.2, -0.15) is 5.10 Å². The van der Waals surface area contributed by atoms with Crippen molar-refractivity contribution in [2.75, 3.05) is 5.73 Å². The standard InChI is InChI=1S/C24H25N3/c1-3-21(17-7-5-4-6-8-17)24(22-11-10-20(25)13-16(22)2)18-9-12-23-19(14-18)15-26-27-23/h4-15,21,24H,3,25H2,1-2H3,(H,26,27). The van der Waals surface area contributed by atoms with Crippen molar-refractivity contribution < 1.29 is 0 Å². The molecule has 1 aromatic heterocycles. The van der Waals surface area contributed by atoms with Crippen LogP contribution in [0.25, 0.3) is 10.9 Å². The van der Waals surface area contributed by atoms with Gasteiger partial charge in [0.2, 0.25) is 0 Å². The monoisotopic (exact) mass is 355 g/mol. The van der Waals surface area contributed by atoms with E-state index < -0.39 is 0 Å². The molecule has 0 saturated heterocycles. The zero-order chi connectivity index (χ0) is 18.8. The fourth-order valence-electron chi connectivity index (χ4n) is 4.20. The van der Waals surface area contributed by atoms with Crippen LogP contribution >= 0.6 is 0 Å². The average molecular weight is 355 g/mol. The number of fused-ring (bicyclic) bond motifs is 1. The maximum atomic E-state index is 6.03. The minimum Gasteiger partial charge on any atom is -0.399 e. The highest BCUT2D eigenvalue weighted by Crippen LogP contribution is 2.42. The summed E-state index contributed by atoms with van der Waals surface area (Å²) < 4.78 is 0. The molecule has 27 heavy (non-hydrogen) atoms. The Hall–Kier alpha value is -3.07. The molecule has 0 bridgehead atoms. The van der Waals surface area contributed by atoms with Gasteiger partial charge in [-0.05, 0) is 65.8 Å². The van der Waals surface area contributed by atoms with Gasteiger partial charge >= 0.3 is 0 Å². The van der Waals surface area contributed by atoms with Gasteiger partial charge in [-0.3, -0.25) is 5.10 Å². The van der Waals surface area contributed by atoms with Crippen LogP contribution in [0.5, 0.6) is 0 Å². The van der Waals surface area contributed by atoms with Gasteiger partial charge in [0.25, 0.3) is 0 Å². The summed E-state index contributed by atoms with van der Waals surface area (Å²) in [5, 5.41) is 8.38. The Morgan fingerprint density at radius 2 is 1.78 bits per heavy atom. The van der Waals surface area contributed by atoms with Crippen LogP contribution in [0.3, 0.4) is 0 Å². The smallest absolute Gasteiger partial charge is 0.0650 e. The van der Waals surface area contributed by atoms with Crippen molar-refractivity contribution in [3.63, 3.8) is 0 Å². The molecule has 136 valence electrons. The molecule has 4 aromatic rings. The van der Waals surface area contributed by atoms with Crippen molar-refractivity contribution in [1.82, 2.24) is 10.2 Å². The summed E-state index contributed by atoms with van der Waals surface area (Å²) in [6.07, 6.45) is 2.96. The van der Waals surface area contributed by atoms with Crippen LogP contribution < -0.4 is 5.73 Å². The van der Waals surface area contributed by atoms with E-state index in [-0.39, 0.29) is 5.92 Å². The van der Waals surface area contributed by atoms with E-state index >= 15 is 0 Å². The maximum absolute atomic E-state index is 6.03. The van der Waals surface area contributed by atoms with Gasteiger partial charge in [0, 0.05) is 17.0 Å². The number of aromatic nitrogens is 2. The number of nitrogen functional groups attached to an aromatic ring is 1. The summed E-state index contributed by atoms with van der Waals surface area (Å²) in [6, 6.07) is 23.7. The number of hydrogen-bond donors (Lipinski definition) is 2. The molecule has 0 aliphatic heterocycles. The molecule has 0 saturated carbocycles. The van der Waals surface area contributed by atoms with Gasteiger partial charge in [-0.25, -0.2) is 0 Å². The largest absolute Gasteiger partial charge is 0.399 e. The van der Waals surface area contributed by atoms with E-state index in [1.54, 1.807) is 0 Å².